The van der Waals surface area contributed by atoms with Crippen molar-refractivity contribution in [2.24, 2.45) is 9.98 Å². The van der Waals surface area contributed by atoms with Crippen LogP contribution in [0.15, 0.2) is 215 Å². The zero-order chi connectivity index (χ0) is 37.5. The van der Waals surface area contributed by atoms with Crippen molar-refractivity contribution in [2.45, 2.75) is 11.5 Å². The van der Waals surface area contributed by atoms with Gasteiger partial charge in [-0.25, -0.2) is 4.99 Å². The highest BCUT2D eigenvalue weighted by Gasteiger charge is 2.52. The summed E-state index contributed by atoms with van der Waals surface area (Å²) in [5, 5.41) is 2.34. The average Bonchev–Trinajstić information content (AvgIpc) is 3.84. The molecule has 0 fully saturated rings. The van der Waals surface area contributed by atoms with Crippen LogP contribution in [0.3, 0.4) is 0 Å². The predicted octanol–water partition coefficient (Wildman–Crippen LogP) is 13.1. The molecule has 0 bridgehead atoms. The summed E-state index contributed by atoms with van der Waals surface area (Å²) in [5.41, 5.74) is 18.0. The van der Waals surface area contributed by atoms with E-state index >= 15 is 0 Å². The second kappa shape index (κ2) is 12.3. The van der Waals surface area contributed by atoms with Gasteiger partial charge in [0.15, 0.2) is 5.84 Å². The third-order valence-corrected chi connectivity index (χ3v) is 12.2. The first-order valence-electron chi connectivity index (χ1n) is 19.6. The van der Waals surface area contributed by atoms with Crippen LogP contribution in [0, 0.1) is 0 Å². The topological polar surface area (TPSA) is 37.9 Å². The third-order valence-electron chi connectivity index (χ3n) is 12.2. The molecule has 9 aromatic rings. The predicted molar refractivity (Wildman–Crippen MR) is 233 cm³/mol. The Kier molecular flexibility index (Phi) is 6.91. The molecule has 8 aromatic carbocycles. The van der Waals surface area contributed by atoms with Crippen molar-refractivity contribution in [2.75, 3.05) is 0 Å². The summed E-state index contributed by atoms with van der Waals surface area (Å²) in [6.07, 6.45) is 4.28. The minimum absolute atomic E-state index is 0.163. The first kappa shape index (κ1) is 31.9. The standard InChI is InChI=1S/C54H34N2O/c1-3-15-34(16-4-1)46-30-31-47(35-17-5-2-6-18-35)56-53(55-46)37-20-13-19-36(33-37)38-24-14-27-44-50(38)39-21-7-10-25-42(39)54(44)43-26-11-8-22-40(43)51-45(54)29-32-49-52(51)41-23-9-12-28-48(41)57-49/h1-33,46H. The molecular weight excluding hydrogens is 693 g/mol. The van der Waals surface area contributed by atoms with E-state index in [1.54, 1.807) is 0 Å². The number of allylic oxidation sites excluding steroid dienone is 1. The van der Waals surface area contributed by atoms with E-state index in [0.717, 1.165) is 44.5 Å². The van der Waals surface area contributed by atoms with Crippen LogP contribution in [0.25, 0.3) is 55.3 Å². The minimum atomic E-state index is -0.493. The van der Waals surface area contributed by atoms with Crippen molar-refractivity contribution in [3.05, 3.63) is 239 Å². The van der Waals surface area contributed by atoms with Gasteiger partial charge < -0.3 is 4.42 Å². The number of rotatable bonds is 4. The number of hydrogen-bond acceptors (Lipinski definition) is 3. The van der Waals surface area contributed by atoms with Gasteiger partial charge in [-0.3, -0.25) is 4.99 Å². The zero-order valence-corrected chi connectivity index (χ0v) is 30.9. The minimum Gasteiger partial charge on any atom is -0.456 e. The van der Waals surface area contributed by atoms with Gasteiger partial charge in [0.1, 0.15) is 11.2 Å². The van der Waals surface area contributed by atoms with Crippen LogP contribution in [-0.2, 0) is 5.41 Å². The number of furan rings is 1. The van der Waals surface area contributed by atoms with Crippen LogP contribution in [-0.4, -0.2) is 11.5 Å². The Morgan fingerprint density at radius 1 is 0.456 bits per heavy atom. The van der Waals surface area contributed by atoms with Crippen molar-refractivity contribution in [1.82, 2.24) is 0 Å². The van der Waals surface area contributed by atoms with Crippen molar-refractivity contribution < 1.29 is 4.42 Å². The SMILES string of the molecule is C1=CC(c2ccccc2)N=C(c2cccc(-c3cccc4c3-c3ccccc3C43c4ccccc4-c4c3ccc3oc5ccccc5c43)c2)N=C1c1ccccc1. The molecule has 12 rings (SSSR count). The maximum atomic E-state index is 6.47. The Labute approximate surface area is 330 Å². The number of fused-ring (bicyclic) bond motifs is 14. The molecule has 266 valence electrons. The maximum Gasteiger partial charge on any atom is 0.156 e. The van der Waals surface area contributed by atoms with Gasteiger partial charge in [0.25, 0.3) is 0 Å². The lowest BCUT2D eigenvalue weighted by Crippen LogP contribution is -2.25. The number of nitrogens with zero attached hydrogens (tertiary/aromatic N) is 2. The molecule has 57 heavy (non-hydrogen) atoms. The maximum absolute atomic E-state index is 6.47. The molecule has 0 saturated carbocycles. The van der Waals surface area contributed by atoms with Crippen LogP contribution in [0.1, 0.15) is 45.0 Å². The molecule has 1 aliphatic heterocycles. The molecule has 0 amide bonds. The van der Waals surface area contributed by atoms with Crippen molar-refractivity contribution in [3.63, 3.8) is 0 Å². The van der Waals surface area contributed by atoms with Gasteiger partial charge in [0.05, 0.1) is 17.2 Å². The molecule has 2 unspecified atom stereocenters. The average molecular weight is 727 g/mol. The number of benzene rings is 8. The molecular formula is C54H34N2O. The number of hydrogen-bond donors (Lipinski definition) is 0. The summed E-state index contributed by atoms with van der Waals surface area (Å²) < 4.78 is 6.47. The Bertz CT molecular complexity index is 3190. The van der Waals surface area contributed by atoms with Crippen LogP contribution >= 0.6 is 0 Å². The lowest BCUT2D eigenvalue weighted by molar-refractivity contribution is 0.668. The molecule has 1 spiro atoms. The number of amidine groups is 1. The highest BCUT2D eigenvalue weighted by Crippen LogP contribution is 2.65. The largest absolute Gasteiger partial charge is 0.456 e. The van der Waals surface area contributed by atoms with E-state index in [1.165, 1.54) is 55.5 Å². The van der Waals surface area contributed by atoms with Crippen LogP contribution < -0.4 is 0 Å². The number of aliphatic imine (C=N–C) groups is 2. The Hall–Kier alpha value is -7.36. The van der Waals surface area contributed by atoms with Gasteiger partial charge in [-0.15, -0.1) is 0 Å². The van der Waals surface area contributed by atoms with Gasteiger partial charge in [-0.05, 0) is 85.5 Å². The molecule has 0 N–H and O–H groups in total. The molecule has 0 saturated heterocycles. The fourth-order valence-corrected chi connectivity index (χ4v) is 9.84. The van der Waals surface area contributed by atoms with Crippen LogP contribution in [0.4, 0.5) is 0 Å². The zero-order valence-electron chi connectivity index (χ0n) is 30.9. The Morgan fingerprint density at radius 2 is 1.07 bits per heavy atom. The summed E-state index contributed by atoms with van der Waals surface area (Å²) in [7, 11) is 0. The summed E-state index contributed by atoms with van der Waals surface area (Å²) >= 11 is 0. The third kappa shape index (κ3) is 4.60. The van der Waals surface area contributed by atoms with E-state index in [4.69, 9.17) is 14.4 Å². The quantitative estimate of drug-likeness (QED) is 0.178. The van der Waals surface area contributed by atoms with E-state index < -0.39 is 5.41 Å². The lowest BCUT2D eigenvalue weighted by Gasteiger charge is -2.30. The molecule has 3 nitrogen and oxygen atoms in total. The fraction of sp³-hybridized carbons (Fsp3) is 0.0370. The molecule has 3 aliphatic rings. The Balaban J connectivity index is 1.08. The highest BCUT2D eigenvalue weighted by atomic mass is 16.3. The van der Waals surface area contributed by atoms with Crippen molar-refractivity contribution >= 4 is 33.5 Å². The van der Waals surface area contributed by atoms with E-state index in [9.17, 15) is 0 Å². The molecule has 0 radical (unpaired) electrons. The van der Waals surface area contributed by atoms with Gasteiger partial charge in [-0.2, -0.15) is 0 Å². The van der Waals surface area contributed by atoms with Crippen molar-refractivity contribution in [1.29, 1.82) is 0 Å². The van der Waals surface area contributed by atoms with Gasteiger partial charge in [0, 0.05) is 21.9 Å². The summed E-state index contributed by atoms with van der Waals surface area (Å²) in [6, 6.07) is 67.4. The normalized spacial score (nSPS) is 17.5. The lowest BCUT2D eigenvalue weighted by atomic mass is 9.70. The first-order chi connectivity index (χ1) is 28.3. The molecule has 2 aliphatic carbocycles. The molecule has 2 heterocycles. The molecule has 2 atom stereocenters. The van der Waals surface area contributed by atoms with E-state index in [1.807, 2.05) is 12.1 Å². The van der Waals surface area contributed by atoms with E-state index in [-0.39, 0.29) is 6.04 Å². The van der Waals surface area contributed by atoms with Crippen molar-refractivity contribution in [3.8, 4) is 33.4 Å². The van der Waals surface area contributed by atoms with Gasteiger partial charge in [0.2, 0.25) is 0 Å². The summed E-state index contributed by atoms with van der Waals surface area (Å²) in [5.74, 6) is 0.717. The van der Waals surface area contributed by atoms with E-state index in [2.05, 4.69) is 188 Å². The number of para-hydroxylation sites is 1. The monoisotopic (exact) mass is 726 g/mol. The summed E-state index contributed by atoms with van der Waals surface area (Å²) in [6.45, 7) is 0. The molecule has 3 heteroatoms. The molecule has 1 aromatic heterocycles. The van der Waals surface area contributed by atoms with E-state index in [0.29, 0.717) is 5.84 Å². The second-order valence-corrected chi connectivity index (χ2v) is 15.1. The highest BCUT2D eigenvalue weighted by molar-refractivity contribution is 6.18. The summed E-state index contributed by atoms with van der Waals surface area (Å²) in [4.78, 5) is 10.6. The fourth-order valence-electron chi connectivity index (χ4n) is 9.84. The second-order valence-electron chi connectivity index (χ2n) is 15.1. The van der Waals surface area contributed by atoms with Crippen LogP contribution in [0.5, 0.6) is 0 Å². The Morgan fingerprint density at radius 3 is 1.89 bits per heavy atom. The van der Waals surface area contributed by atoms with Crippen LogP contribution in [0.2, 0.25) is 0 Å². The van der Waals surface area contributed by atoms with Gasteiger partial charge >= 0.3 is 0 Å². The first-order valence-corrected chi connectivity index (χ1v) is 19.6. The smallest absolute Gasteiger partial charge is 0.156 e. The van der Waals surface area contributed by atoms with Gasteiger partial charge in [-0.1, -0.05) is 176 Å².